The highest BCUT2D eigenvalue weighted by Gasteiger charge is 2.71. The van der Waals surface area contributed by atoms with Gasteiger partial charge in [-0.3, -0.25) is 9.35 Å². The van der Waals surface area contributed by atoms with E-state index < -0.39 is 69.7 Å². The van der Waals surface area contributed by atoms with E-state index in [0.29, 0.717) is 19.8 Å². The van der Waals surface area contributed by atoms with Gasteiger partial charge in [0.05, 0.1) is 16.8 Å². The average molecular weight is 475 g/mol. The zero-order valence-electron chi connectivity index (χ0n) is 16.5. The molecule has 0 saturated carbocycles. The first-order valence-electron chi connectivity index (χ1n) is 9.52. The fraction of sp³-hybridized carbons (Fsp3) is 0.882. The fourth-order valence-electron chi connectivity index (χ4n) is 4.55. The third kappa shape index (κ3) is 3.61. The van der Waals surface area contributed by atoms with Gasteiger partial charge in [-0.05, 0) is 19.8 Å². The first-order valence-corrected chi connectivity index (χ1v) is 11.9. The molecule has 0 aromatic rings. The highest BCUT2D eigenvalue weighted by Crippen LogP contribution is 2.62. The Labute approximate surface area is 176 Å². The number of carbonyl (C=O) groups is 2. The van der Waals surface area contributed by atoms with E-state index in [1.54, 1.807) is 0 Å². The molecular formula is C17H24F2O9S2. The predicted molar refractivity (Wildman–Crippen MR) is 99.3 cm³/mol. The summed E-state index contributed by atoms with van der Waals surface area (Å²) >= 11 is 1.45. The van der Waals surface area contributed by atoms with Crippen LogP contribution in [0.25, 0.3) is 0 Å². The van der Waals surface area contributed by atoms with E-state index in [1.807, 2.05) is 13.8 Å². The molecule has 2 bridgehead atoms. The lowest BCUT2D eigenvalue weighted by Gasteiger charge is -2.40. The van der Waals surface area contributed by atoms with Crippen molar-refractivity contribution in [1.29, 1.82) is 0 Å². The molecule has 3 aliphatic rings. The van der Waals surface area contributed by atoms with E-state index in [0.717, 1.165) is 0 Å². The highest BCUT2D eigenvalue weighted by atomic mass is 32.2. The number of fused-ring (bicyclic) bond motifs is 1. The van der Waals surface area contributed by atoms with Gasteiger partial charge in [-0.2, -0.15) is 17.2 Å². The van der Waals surface area contributed by atoms with Crippen molar-refractivity contribution in [1.82, 2.24) is 0 Å². The summed E-state index contributed by atoms with van der Waals surface area (Å²) in [4.78, 5) is 24.3. The molecule has 3 saturated heterocycles. The Morgan fingerprint density at radius 3 is 2.43 bits per heavy atom. The summed E-state index contributed by atoms with van der Waals surface area (Å²) in [7, 11) is -5.77. The van der Waals surface area contributed by atoms with Crippen LogP contribution in [0.1, 0.15) is 33.6 Å². The number of aliphatic hydroxyl groups is 1. The molecule has 0 aromatic heterocycles. The first kappa shape index (κ1) is 23.6. The van der Waals surface area contributed by atoms with Crippen LogP contribution in [0.2, 0.25) is 0 Å². The average Bonchev–Trinajstić information content (AvgIpc) is 3.27. The number of carbonyl (C=O) groups excluding carboxylic acids is 2. The van der Waals surface area contributed by atoms with Crippen molar-refractivity contribution >= 4 is 33.8 Å². The molecule has 3 aliphatic heterocycles. The van der Waals surface area contributed by atoms with Crippen molar-refractivity contribution in [2.75, 3.05) is 6.61 Å². The van der Waals surface area contributed by atoms with Gasteiger partial charge in [-0.25, -0.2) is 4.79 Å². The molecule has 30 heavy (non-hydrogen) atoms. The van der Waals surface area contributed by atoms with Crippen molar-refractivity contribution in [3.8, 4) is 0 Å². The third-order valence-electron chi connectivity index (χ3n) is 6.27. The van der Waals surface area contributed by atoms with Crippen LogP contribution in [-0.4, -0.2) is 76.3 Å². The smallest absolute Gasteiger partial charge is 0.405 e. The van der Waals surface area contributed by atoms with Gasteiger partial charge >= 0.3 is 27.3 Å². The van der Waals surface area contributed by atoms with Gasteiger partial charge in [-0.15, -0.1) is 11.8 Å². The maximum Gasteiger partial charge on any atom is 0.405 e. The summed E-state index contributed by atoms with van der Waals surface area (Å²) in [6.45, 7) is 3.45. The number of esters is 2. The quantitative estimate of drug-likeness (QED) is 0.368. The largest absolute Gasteiger partial charge is 0.458 e. The molecule has 0 radical (unpaired) electrons. The number of thioether (sulfide) groups is 1. The van der Waals surface area contributed by atoms with Crippen LogP contribution in [0.5, 0.6) is 0 Å². The number of alkyl halides is 2. The summed E-state index contributed by atoms with van der Waals surface area (Å²) < 4.78 is 72.5. The van der Waals surface area contributed by atoms with E-state index in [9.17, 15) is 31.9 Å². The topological polar surface area (TPSA) is 136 Å². The second-order valence-electron chi connectivity index (χ2n) is 7.77. The molecule has 3 heterocycles. The number of rotatable bonds is 9. The fourth-order valence-corrected chi connectivity index (χ4v) is 7.17. The molecule has 0 spiro atoms. The van der Waals surface area contributed by atoms with Crippen LogP contribution in [0.3, 0.4) is 0 Å². The maximum absolute atomic E-state index is 13.5. The summed E-state index contributed by atoms with van der Waals surface area (Å²) in [6.07, 6.45) is -3.00. The van der Waals surface area contributed by atoms with Crippen molar-refractivity contribution in [2.45, 2.75) is 73.3 Å². The van der Waals surface area contributed by atoms with Crippen molar-refractivity contribution < 1.29 is 50.7 Å². The van der Waals surface area contributed by atoms with E-state index in [2.05, 4.69) is 4.74 Å². The minimum Gasteiger partial charge on any atom is -0.458 e. The third-order valence-corrected chi connectivity index (χ3v) is 9.04. The lowest BCUT2D eigenvalue weighted by Crippen LogP contribution is -2.53. The van der Waals surface area contributed by atoms with Gasteiger partial charge in [-0.1, -0.05) is 13.8 Å². The Bertz CT molecular complexity index is 814. The van der Waals surface area contributed by atoms with E-state index in [-0.39, 0.29) is 10.5 Å². The van der Waals surface area contributed by atoms with Gasteiger partial charge < -0.3 is 19.3 Å². The second kappa shape index (κ2) is 7.84. The minimum atomic E-state index is -5.77. The Morgan fingerprint density at radius 2 is 1.90 bits per heavy atom. The molecule has 7 atom stereocenters. The van der Waals surface area contributed by atoms with Crippen LogP contribution in [0.4, 0.5) is 8.78 Å². The van der Waals surface area contributed by atoms with Crippen LogP contribution in [-0.2, 0) is 33.9 Å². The second-order valence-corrected chi connectivity index (χ2v) is 10.6. The number of ether oxygens (including phenoxy) is 3. The zero-order chi connectivity index (χ0) is 22.6. The Balaban J connectivity index is 1.68. The monoisotopic (exact) mass is 474 g/mol. The molecule has 0 aromatic carbocycles. The lowest BCUT2D eigenvalue weighted by atomic mass is 9.67. The highest BCUT2D eigenvalue weighted by molar-refractivity contribution is 8.01. The van der Waals surface area contributed by atoms with Gasteiger partial charge in [0.2, 0.25) is 0 Å². The van der Waals surface area contributed by atoms with Crippen LogP contribution in [0, 0.1) is 11.8 Å². The number of hydrogen-bond acceptors (Lipinski definition) is 9. The molecular weight excluding hydrogens is 450 g/mol. The summed E-state index contributed by atoms with van der Waals surface area (Å²) in [5, 5.41) is 5.78. The van der Waals surface area contributed by atoms with Crippen molar-refractivity contribution in [3.05, 3.63) is 0 Å². The van der Waals surface area contributed by atoms with Gasteiger partial charge in [0.25, 0.3) is 0 Å². The molecule has 0 aliphatic carbocycles. The van der Waals surface area contributed by atoms with Gasteiger partial charge in [0.1, 0.15) is 18.8 Å². The Kier molecular flexibility index (Phi) is 6.18. The maximum atomic E-state index is 13.5. The summed E-state index contributed by atoms with van der Waals surface area (Å²) in [6, 6.07) is 0. The van der Waals surface area contributed by atoms with Crippen molar-refractivity contribution in [3.63, 3.8) is 0 Å². The summed E-state index contributed by atoms with van der Waals surface area (Å²) in [5.41, 5.74) is -1.13. The number of halogens is 2. The first-order chi connectivity index (χ1) is 13.8. The van der Waals surface area contributed by atoms with Gasteiger partial charge in [0, 0.05) is 11.2 Å². The van der Waals surface area contributed by atoms with E-state index in [1.165, 1.54) is 11.8 Å². The van der Waals surface area contributed by atoms with Gasteiger partial charge in [0.15, 0.2) is 6.10 Å². The molecule has 172 valence electrons. The predicted octanol–water partition coefficient (Wildman–Crippen LogP) is 0.990. The van der Waals surface area contributed by atoms with Crippen molar-refractivity contribution in [2.24, 2.45) is 11.8 Å². The SMILES string of the molecule is CCC(O)(CC)C1C2SC3C(OC(=O)C31)C2OCC(=O)OC(C)C(F)(F)S(=O)(=O)O. The van der Waals surface area contributed by atoms with Crippen LogP contribution in [0.15, 0.2) is 0 Å². The molecule has 13 heteroatoms. The molecule has 3 fully saturated rings. The standard InChI is InChI=1S/C17H24F2O9S2/c1-4-16(22,5-2)10-9-13-12(28-15(9)21)11(14(10)29-13)26-6-8(20)27-7(3)17(18,19)30(23,24)25/h7,9-14,22H,4-6H2,1-3H3,(H,23,24,25). The molecule has 2 N–H and O–H groups in total. The molecule has 3 rings (SSSR count). The lowest BCUT2D eigenvalue weighted by molar-refractivity contribution is -0.169. The molecule has 7 unspecified atom stereocenters. The molecule has 9 nitrogen and oxygen atoms in total. The zero-order valence-corrected chi connectivity index (χ0v) is 18.1. The number of hydrogen-bond donors (Lipinski definition) is 2. The van der Waals surface area contributed by atoms with Crippen LogP contribution >= 0.6 is 11.8 Å². The summed E-state index contributed by atoms with van der Waals surface area (Å²) in [5.74, 6) is -2.62. The Hall–Kier alpha value is -1.02. The Morgan fingerprint density at radius 1 is 1.30 bits per heavy atom. The van der Waals surface area contributed by atoms with E-state index in [4.69, 9.17) is 14.0 Å². The van der Waals surface area contributed by atoms with Crippen LogP contribution < -0.4 is 0 Å². The molecule has 0 amide bonds. The van der Waals surface area contributed by atoms with E-state index >= 15 is 0 Å². The normalized spacial score (nSPS) is 34.2. The minimum absolute atomic E-state index is 0.235.